The Balaban J connectivity index is 2.69. The summed E-state index contributed by atoms with van der Waals surface area (Å²) in [5, 5.41) is 0. The number of allylic oxidation sites excluding steroid dienone is 1. The fourth-order valence-electron chi connectivity index (χ4n) is 0.178. The molecule has 0 saturated heterocycles. The summed E-state index contributed by atoms with van der Waals surface area (Å²) in [7, 11) is 0. The van der Waals surface area contributed by atoms with Crippen LogP contribution in [0.25, 0.3) is 0 Å². The van der Waals surface area contributed by atoms with E-state index >= 15 is 0 Å². The Morgan fingerprint density at radius 1 is 1.71 bits per heavy atom. The Morgan fingerprint density at radius 3 is 2.86 bits per heavy atom. The fourth-order valence-corrected chi connectivity index (χ4v) is 0.178. The van der Waals surface area contributed by atoms with Crippen molar-refractivity contribution in [2.45, 2.75) is 13.8 Å². The molecule has 0 aliphatic carbocycles. The van der Waals surface area contributed by atoms with Crippen LogP contribution in [0, 0.1) is 0 Å². The van der Waals surface area contributed by atoms with Crippen LogP contribution in [0.15, 0.2) is 12.3 Å². The van der Waals surface area contributed by atoms with Gasteiger partial charge in [0.05, 0.1) is 12.8 Å². The van der Waals surface area contributed by atoms with Gasteiger partial charge in [0, 0.05) is 0 Å². The zero-order chi connectivity index (χ0) is 5.54. The highest BCUT2D eigenvalue weighted by molar-refractivity contribution is 4.68. The van der Waals surface area contributed by atoms with Gasteiger partial charge < -0.3 is 0 Å². The first-order valence-corrected chi connectivity index (χ1v) is 2.35. The van der Waals surface area contributed by atoms with Gasteiger partial charge in [-0.1, -0.05) is 6.08 Å². The summed E-state index contributed by atoms with van der Waals surface area (Å²) in [5.41, 5.74) is 3.53. The number of hydrogen-bond donors (Lipinski definition) is 0. The molecule has 0 aliphatic heterocycles. The second kappa shape index (κ2) is 5.50. The van der Waals surface area contributed by atoms with E-state index < -0.39 is 0 Å². The standard InChI is InChI=1S/C5H10NO/c1-3-5-6-7-4-2/h3,5H,4H2,1-2H3/b5-3-. The first-order valence-electron chi connectivity index (χ1n) is 2.35. The zero-order valence-electron chi connectivity index (χ0n) is 4.72. The van der Waals surface area contributed by atoms with E-state index in [0.717, 1.165) is 0 Å². The van der Waals surface area contributed by atoms with Crippen molar-refractivity contribution < 1.29 is 4.84 Å². The molecule has 2 heteroatoms. The molecule has 0 saturated carbocycles. The minimum atomic E-state index is 0.643. The third kappa shape index (κ3) is 5.50. The minimum absolute atomic E-state index is 0.643. The molecule has 0 bridgehead atoms. The van der Waals surface area contributed by atoms with Crippen LogP contribution in [0.5, 0.6) is 0 Å². The predicted molar refractivity (Wildman–Crippen MR) is 28.6 cm³/mol. The van der Waals surface area contributed by atoms with Crippen LogP contribution < -0.4 is 5.48 Å². The van der Waals surface area contributed by atoms with Gasteiger partial charge in [0.15, 0.2) is 0 Å². The summed E-state index contributed by atoms with van der Waals surface area (Å²) >= 11 is 0. The van der Waals surface area contributed by atoms with E-state index in [1.54, 1.807) is 6.20 Å². The average Bonchev–Trinajstić information content (AvgIpc) is 1.69. The molecular formula is C5H10NO. The lowest BCUT2D eigenvalue weighted by Gasteiger charge is -1.88. The van der Waals surface area contributed by atoms with Crippen LogP contribution in [-0.2, 0) is 4.84 Å². The molecule has 0 spiro atoms. The normalized spacial score (nSPS) is 10.0. The maximum absolute atomic E-state index is 4.61. The number of hydroxylamine groups is 1. The number of hydrogen-bond acceptors (Lipinski definition) is 1. The number of nitrogens with zero attached hydrogens (tertiary/aromatic N) is 1. The average molecular weight is 100 g/mol. The van der Waals surface area contributed by atoms with Crippen molar-refractivity contribution in [1.29, 1.82) is 0 Å². The molecule has 0 unspecified atom stereocenters. The summed E-state index contributed by atoms with van der Waals surface area (Å²) in [6, 6.07) is 0. The van der Waals surface area contributed by atoms with Crippen molar-refractivity contribution in [2.75, 3.05) is 6.61 Å². The largest absolute Gasteiger partial charge is 0.252 e. The Kier molecular flexibility index (Phi) is 5.11. The Hall–Kier alpha value is -0.500. The van der Waals surface area contributed by atoms with Gasteiger partial charge in [0.25, 0.3) is 0 Å². The SMILES string of the molecule is C/C=C\[N]OCC. The molecule has 0 aromatic rings. The second-order valence-corrected chi connectivity index (χ2v) is 1.01. The molecule has 0 rings (SSSR count). The molecule has 0 aromatic carbocycles. The smallest absolute Gasteiger partial charge is 0.0743 e. The van der Waals surface area contributed by atoms with Crippen LogP contribution in [-0.4, -0.2) is 6.61 Å². The molecule has 0 N–H and O–H groups in total. The van der Waals surface area contributed by atoms with E-state index in [1.807, 2.05) is 19.9 Å². The van der Waals surface area contributed by atoms with Crippen molar-refractivity contribution in [2.24, 2.45) is 0 Å². The van der Waals surface area contributed by atoms with Crippen molar-refractivity contribution in [3.63, 3.8) is 0 Å². The van der Waals surface area contributed by atoms with Crippen LogP contribution in [0.2, 0.25) is 0 Å². The monoisotopic (exact) mass is 100 g/mol. The highest BCUT2D eigenvalue weighted by atomic mass is 16.6. The molecule has 0 aromatic heterocycles. The van der Waals surface area contributed by atoms with Gasteiger partial charge in [0.1, 0.15) is 0 Å². The lowest BCUT2D eigenvalue weighted by atomic mass is 10.7. The lowest BCUT2D eigenvalue weighted by Crippen LogP contribution is -1.95. The van der Waals surface area contributed by atoms with Gasteiger partial charge in [-0.2, -0.15) is 0 Å². The van der Waals surface area contributed by atoms with Crippen LogP contribution in [0.3, 0.4) is 0 Å². The molecule has 0 aliphatic rings. The second-order valence-electron chi connectivity index (χ2n) is 1.01. The third-order valence-electron chi connectivity index (χ3n) is 0.414. The molecule has 41 valence electrons. The van der Waals surface area contributed by atoms with Gasteiger partial charge in [-0.3, -0.25) is 4.84 Å². The molecular weight excluding hydrogens is 90.1 g/mol. The third-order valence-corrected chi connectivity index (χ3v) is 0.414. The van der Waals surface area contributed by atoms with Gasteiger partial charge in [-0.25, -0.2) is 0 Å². The van der Waals surface area contributed by atoms with Crippen LogP contribution in [0.1, 0.15) is 13.8 Å². The molecule has 1 radical (unpaired) electrons. The van der Waals surface area contributed by atoms with Gasteiger partial charge >= 0.3 is 0 Å². The van der Waals surface area contributed by atoms with E-state index in [-0.39, 0.29) is 0 Å². The highest BCUT2D eigenvalue weighted by Gasteiger charge is 1.70. The molecule has 0 amide bonds. The Labute approximate surface area is 44.1 Å². The summed E-state index contributed by atoms with van der Waals surface area (Å²) < 4.78 is 0. The quantitative estimate of drug-likeness (QED) is 0.384. The van der Waals surface area contributed by atoms with Crippen molar-refractivity contribution >= 4 is 0 Å². The van der Waals surface area contributed by atoms with E-state index in [9.17, 15) is 0 Å². The summed E-state index contributed by atoms with van der Waals surface area (Å²) in [5.74, 6) is 0. The number of rotatable bonds is 3. The summed E-state index contributed by atoms with van der Waals surface area (Å²) in [4.78, 5) is 4.61. The minimum Gasteiger partial charge on any atom is -0.252 e. The molecule has 2 nitrogen and oxygen atoms in total. The fraction of sp³-hybridized carbons (Fsp3) is 0.600. The summed E-state index contributed by atoms with van der Waals surface area (Å²) in [6.07, 6.45) is 3.43. The first kappa shape index (κ1) is 6.50. The van der Waals surface area contributed by atoms with Gasteiger partial charge in [-0.05, 0) is 13.8 Å². The van der Waals surface area contributed by atoms with E-state index in [4.69, 9.17) is 0 Å². The first-order chi connectivity index (χ1) is 3.41. The van der Waals surface area contributed by atoms with Gasteiger partial charge in [-0.15, -0.1) is 5.48 Å². The van der Waals surface area contributed by atoms with Crippen molar-refractivity contribution in [3.05, 3.63) is 12.3 Å². The topological polar surface area (TPSA) is 23.3 Å². The summed E-state index contributed by atoms with van der Waals surface area (Å²) in [6.45, 7) is 4.43. The van der Waals surface area contributed by atoms with Crippen LogP contribution in [0.4, 0.5) is 0 Å². The van der Waals surface area contributed by atoms with Gasteiger partial charge in [0.2, 0.25) is 0 Å². The Bertz CT molecular complexity index is 52.0. The van der Waals surface area contributed by atoms with Crippen molar-refractivity contribution in [1.82, 2.24) is 5.48 Å². The van der Waals surface area contributed by atoms with E-state index in [0.29, 0.717) is 6.61 Å². The molecule has 7 heavy (non-hydrogen) atoms. The predicted octanol–water partition coefficient (Wildman–Crippen LogP) is 1.08. The molecule has 0 fully saturated rings. The molecule has 0 atom stereocenters. The molecule has 0 heterocycles. The van der Waals surface area contributed by atoms with Crippen molar-refractivity contribution in [3.8, 4) is 0 Å². The van der Waals surface area contributed by atoms with E-state index in [1.165, 1.54) is 0 Å². The van der Waals surface area contributed by atoms with E-state index in [2.05, 4.69) is 10.3 Å². The maximum atomic E-state index is 4.61. The maximum Gasteiger partial charge on any atom is 0.0743 e. The lowest BCUT2D eigenvalue weighted by molar-refractivity contribution is 0.0746. The Morgan fingerprint density at radius 2 is 2.43 bits per heavy atom. The van der Waals surface area contributed by atoms with Crippen LogP contribution >= 0.6 is 0 Å². The highest BCUT2D eigenvalue weighted by Crippen LogP contribution is 1.68. The zero-order valence-corrected chi connectivity index (χ0v) is 4.72.